The Morgan fingerprint density at radius 1 is 1.39 bits per heavy atom. The number of rotatable bonds is 5. The van der Waals surface area contributed by atoms with Gasteiger partial charge in [0.15, 0.2) is 0 Å². The Morgan fingerprint density at radius 3 is 2.87 bits per heavy atom. The number of hydrogen-bond acceptors (Lipinski definition) is 2. The van der Waals surface area contributed by atoms with E-state index in [4.69, 9.17) is 5.26 Å². The molecule has 1 aliphatic rings. The highest BCUT2D eigenvalue weighted by molar-refractivity contribution is 5.79. The van der Waals surface area contributed by atoms with Gasteiger partial charge in [-0.3, -0.25) is 4.79 Å². The SMILES string of the molecule is CC1CC[C@@H](C(C)C)[C@H](C(=O)NCCc2cccc(C#N)c2)C1. The van der Waals surface area contributed by atoms with Crippen LogP contribution in [0.2, 0.25) is 0 Å². The number of carbonyl (C=O) groups excluding carboxylic acids is 1. The number of nitrogens with zero attached hydrogens (tertiary/aromatic N) is 1. The van der Waals surface area contributed by atoms with Gasteiger partial charge in [0, 0.05) is 12.5 Å². The molecule has 1 saturated carbocycles. The minimum absolute atomic E-state index is 0.157. The van der Waals surface area contributed by atoms with Crippen LogP contribution in [0.15, 0.2) is 24.3 Å². The molecule has 0 aliphatic heterocycles. The third-order valence-corrected chi connectivity index (χ3v) is 5.13. The molecule has 3 atom stereocenters. The van der Waals surface area contributed by atoms with E-state index in [-0.39, 0.29) is 11.8 Å². The first-order valence-electron chi connectivity index (χ1n) is 8.78. The van der Waals surface area contributed by atoms with Crippen molar-refractivity contribution in [2.24, 2.45) is 23.7 Å². The Labute approximate surface area is 140 Å². The second kappa shape index (κ2) is 8.15. The fourth-order valence-corrected chi connectivity index (χ4v) is 3.76. The largest absolute Gasteiger partial charge is 0.356 e. The zero-order chi connectivity index (χ0) is 16.8. The van der Waals surface area contributed by atoms with Crippen LogP contribution in [0.25, 0.3) is 0 Å². The fraction of sp³-hybridized carbons (Fsp3) is 0.600. The summed E-state index contributed by atoms with van der Waals surface area (Å²) in [6.07, 6.45) is 4.20. The van der Waals surface area contributed by atoms with E-state index in [1.54, 1.807) is 6.07 Å². The van der Waals surface area contributed by atoms with Crippen LogP contribution in [0, 0.1) is 35.0 Å². The molecule has 0 aromatic heterocycles. The molecule has 1 fully saturated rings. The van der Waals surface area contributed by atoms with E-state index in [1.807, 2.05) is 18.2 Å². The molecule has 3 heteroatoms. The number of benzene rings is 1. The van der Waals surface area contributed by atoms with Crippen LogP contribution in [0.1, 0.15) is 51.2 Å². The molecule has 124 valence electrons. The molecule has 0 heterocycles. The topological polar surface area (TPSA) is 52.9 Å². The summed E-state index contributed by atoms with van der Waals surface area (Å²) in [6.45, 7) is 7.36. The number of hydrogen-bond donors (Lipinski definition) is 1. The fourth-order valence-electron chi connectivity index (χ4n) is 3.76. The normalized spacial score (nSPS) is 24.2. The van der Waals surface area contributed by atoms with Gasteiger partial charge in [0.25, 0.3) is 0 Å². The van der Waals surface area contributed by atoms with E-state index in [0.29, 0.717) is 29.9 Å². The average molecular weight is 312 g/mol. The summed E-state index contributed by atoms with van der Waals surface area (Å²) < 4.78 is 0. The first-order chi connectivity index (χ1) is 11.0. The van der Waals surface area contributed by atoms with Crippen molar-refractivity contribution in [2.45, 2.75) is 46.5 Å². The standard InChI is InChI=1S/C20H28N2O/c1-14(2)18-8-7-15(3)11-19(18)20(23)22-10-9-16-5-4-6-17(12-16)13-21/h4-6,12,14-15,18-19H,7-11H2,1-3H3,(H,22,23)/t15?,18-,19+/m0/s1. The minimum atomic E-state index is 0.157. The van der Waals surface area contributed by atoms with Crippen molar-refractivity contribution < 1.29 is 4.79 Å². The third-order valence-electron chi connectivity index (χ3n) is 5.13. The molecule has 1 aromatic carbocycles. The predicted molar refractivity (Wildman–Crippen MR) is 92.7 cm³/mol. The van der Waals surface area contributed by atoms with Gasteiger partial charge in [-0.25, -0.2) is 0 Å². The van der Waals surface area contributed by atoms with Crippen molar-refractivity contribution in [1.82, 2.24) is 5.32 Å². The van der Waals surface area contributed by atoms with Crippen LogP contribution in [-0.4, -0.2) is 12.5 Å². The molecule has 1 aromatic rings. The van der Waals surface area contributed by atoms with Crippen molar-refractivity contribution in [3.05, 3.63) is 35.4 Å². The highest BCUT2D eigenvalue weighted by Crippen LogP contribution is 2.38. The van der Waals surface area contributed by atoms with Crippen molar-refractivity contribution in [2.75, 3.05) is 6.54 Å². The second-order valence-corrected chi connectivity index (χ2v) is 7.29. The minimum Gasteiger partial charge on any atom is -0.356 e. The lowest BCUT2D eigenvalue weighted by Gasteiger charge is -2.36. The molecule has 0 saturated heterocycles. The first-order valence-corrected chi connectivity index (χ1v) is 8.78. The highest BCUT2D eigenvalue weighted by atomic mass is 16.1. The van der Waals surface area contributed by atoms with Crippen molar-refractivity contribution >= 4 is 5.91 Å². The molecule has 1 N–H and O–H groups in total. The summed E-state index contributed by atoms with van der Waals surface area (Å²) in [5, 5.41) is 12.1. The van der Waals surface area contributed by atoms with E-state index < -0.39 is 0 Å². The third kappa shape index (κ3) is 4.82. The van der Waals surface area contributed by atoms with E-state index in [2.05, 4.69) is 32.2 Å². The van der Waals surface area contributed by atoms with Gasteiger partial charge in [-0.2, -0.15) is 5.26 Å². The number of nitrogens with one attached hydrogen (secondary N) is 1. The Balaban J connectivity index is 1.89. The number of amides is 1. The van der Waals surface area contributed by atoms with Crippen molar-refractivity contribution in [3.63, 3.8) is 0 Å². The van der Waals surface area contributed by atoms with E-state index >= 15 is 0 Å². The maximum absolute atomic E-state index is 12.6. The van der Waals surface area contributed by atoms with Crippen LogP contribution in [-0.2, 0) is 11.2 Å². The van der Waals surface area contributed by atoms with Gasteiger partial charge >= 0.3 is 0 Å². The van der Waals surface area contributed by atoms with Crippen LogP contribution >= 0.6 is 0 Å². The summed E-state index contributed by atoms with van der Waals surface area (Å²) in [6, 6.07) is 9.76. The van der Waals surface area contributed by atoms with Crippen molar-refractivity contribution in [3.8, 4) is 6.07 Å². The molecular formula is C20H28N2O. The Bertz CT molecular complexity index is 573. The van der Waals surface area contributed by atoms with Gasteiger partial charge in [-0.05, 0) is 54.7 Å². The van der Waals surface area contributed by atoms with Gasteiger partial charge in [-0.1, -0.05) is 39.3 Å². The molecule has 1 unspecified atom stereocenters. The van der Waals surface area contributed by atoms with Gasteiger partial charge in [-0.15, -0.1) is 0 Å². The smallest absolute Gasteiger partial charge is 0.223 e. The van der Waals surface area contributed by atoms with Crippen LogP contribution in [0.4, 0.5) is 0 Å². The Morgan fingerprint density at radius 2 is 2.17 bits per heavy atom. The lowest BCUT2D eigenvalue weighted by Crippen LogP contribution is -2.40. The van der Waals surface area contributed by atoms with Crippen molar-refractivity contribution in [1.29, 1.82) is 5.26 Å². The van der Waals surface area contributed by atoms with Gasteiger partial charge in [0.1, 0.15) is 0 Å². The summed E-state index contributed by atoms with van der Waals surface area (Å²) in [7, 11) is 0. The first kappa shape index (κ1) is 17.5. The van der Waals surface area contributed by atoms with Crippen LogP contribution in [0.3, 0.4) is 0 Å². The molecule has 3 nitrogen and oxygen atoms in total. The molecule has 23 heavy (non-hydrogen) atoms. The van der Waals surface area contributed by atoms with Gasteiger partial charge in [0.2, 0.25) is 5.91 Å². The van der Waals surface area contributed by atoms with Crippen LogP contribution < -0.4 is 5.32 Å². The average Bonchev–Trinajstić information content (AvgIpc) is 2.54. The highest BCUT2D eigenvalue weighted by Gasteiger charge is 2.35. The maximum Gasteiger partial charge on any atom is 0.223 e. The molecule has 0 spiro atoms. The van der Waals surface area contributed by atoms with E-state index in [0.717, 1.165) is 18.4 Å². The van der Waals surface area contributed by atoms with Gasteiger partial charge < -0.3 is 5.32 Å². The van der Waals surface area contributed by atoms with Crippen LogP contribution in [0.5, 0.6) is 0 Å². The summed E-state index contributed by atoms with van der Waals surface area (Å²) >= 11 is 0. The summed E-state index contributed by atoms with van der Waals surface area (Å²) in [5.74, 6) is 2.09. The predicted octanol–water partition coefficient (Wildman–Crippen LogP) is 3.93. The molecular weight excluding hydrogens is 284 g/mol. The molecule has 0 radical (unpaired) electrons. The molecule has 2 rings (SSSR count). The summed E-state index contributed by atoms with van der Waals surface area (Å²) in [4.78, 5) is 12.6. The van der Waals surface area contributed by atoms with E-state index in [9.17, 15) is 4.79 Å². The summed E-state index contributed by atoms with van der Waals surface area (Å²) in [5.41, 5.74) is 1.77. The molecule has 1 aliphatic carbocycles. The lowest BCUT2D eigenvalue weighted by atomic mass is 9.70. The zero-order valence-corrected chi connectivity index (χ0v) is 14.5. The maximum atomic E-state index is 12.6. The Kier molecular flexibility index (Phi) is 6.21. The Hall–Kier alpha value is -1.82. The number of carbonyl (C=O) groups is 1. The monoisotopic (exact) mass is 312 g/mol. The van der Waals surface area contributed by atoms with Gasteiger partial charge in [0.05, 0.1) is 11.6 Å². The molecule has 0 bridgehead atoms. The zero-order valence-electron chi connectivity index (χ0n) is 14.5. The quantitative estimate of drug-likeness (QED) is 0.895. The van der Waals surface area contributed by atoms with E-state index in [1.165, 1.54) is 12.8 Å². The lowest BCUT2D eigenvalue weighted by molar-refractivity contribution is -0.129. The molecule has 1 amide bonds. The second-order valence-electron chi connectivity index (χ2n) is 7.29. The number of nitriles is 1.